The summed E-state index contributed by atoms with van der Waals surface area (Å²) >= 11 is 7.82. The van der Waals surface area contributed by atoms with Crippen LogP contribution in [0.25, 0.3) is 10.9 Å². The summed E-state index contributed by atoms with van der Waals surface area (Å²) in [5.74, 6) is 1.46. The zero-order valence-corrected chi connectivity index (χ0v) is 16.1. The van der Waals surface area contributed by atoms with E-state index in [2.05, 4.69) is 0 Å². The number of hydrogen-bond acceptors (Lipinski definition) is 5. The SMILES string of the molecule is O=c1c2ccccc2nc(SCc2cc(Cl)cc3c2OCOC3)n1C1CC1. The number of fused-ring (bicyclic) bond motifs is 2. The highest BCUT2D eigenvalue weighted by Gasteiger charge is 2.29. The van der Waals surface area contributed by atoms with Crippen LogP contribution < -0.4 is 10.3 Å². The molecule has 5 nitrogen and oxygen atoms in total. The number of rotatable bonds is 4. The van der Waals surface area contributed by atoms with Gasteiger partial charge in [0.2, 0.25) is 0 Å². The molecule has 0 N–H and O–H groups in total. The number of benzene rings is 2. The molecule has 1 saturated carbocycles. The summed E-state index contributed by atoms with van der Waals surface area (Å²) < 4.78 is 12.9. The second-order valence-corrected chi connectivity index (χ2v) is 8.15. The molecule has 0 saturated heterocycles. The fraction of sp³-hybridized carbons (Fsp3) is 0.300. The van der Waals surface area contributed by atoms with Crippen molar-refractivity contribution in [3.05, 3.63) is 62.9 Å². The fourth-order valence-electron chi connectivity index (χ4n) is 3.39. The van der Waals surface area contributed by atoms with Gasteiger partial charge >= 0.3 is 0 Å². The molecule has 0 atom stereocenters. The van der Waals surface area contributed by atoms with E-state index in [1.165, 1.54) is 0 Å². The van der Waals surface area contributed by atoms with E-state index in [9.17, 15) is 4.79 Å². The molecule has 1 aliphatic carbocycles. The number of thioether (sulfide) groups is 1. The second kappa shape index (κ2) is 6.86. The lowest BCUT2D eigenvalue weighted by Gasteiger charge is -2.21. The highest BCUT2D eigenvalue weighted by molar-refractivity contribution is 7.98. The highest BCUT2D eigenvalue weighted by Crippen LogP contribution is 2.39. The van der Waals surface area contributed by atoms with E-state index in [1.54, 1.807) is 11.8 Å². The molecule has 0 radical (unpaired) electrons. The smallest absolute Gasteiger partial charge is 0.262 e. The number of halogens is 1. The van der Waals surface area contributed by atoms with Gasteiger partial charge in [-0.05, 0) is 37.1 Å². The Morgan fingerprint density at radius 3 is 2.96 bits per heavy atom. The second-order valence-electron chi connectivity index (χ2n) is 6.77. The third-order valence-corrected chi connectivity index (χ3v) is 6.02. The molecule has 7 heteroatoms. The van der Waals surface area contributed by atoms with Crippen molar-refractivity contribution in [3.63, 3.8) is 0 Å². The Labute approximate surface area is 165 Å². The van der Waals surface area contributed by atoms with Crippen molar-refractivity contribution in [3.8, 4) is 5.75 Å². The summed E-state index contributed by atoms with van der Waals surface area (Å²) in [6.07, 6.45) is 2.06. The molecule has 1 fully saturated rings. The van der Waals surface area contributed by atoms with Crippen molar-refractivity contribution in [2.24, 2.45) is 0 Å². The first-order valence-corrected chi connectivity index (χ1v) is 10.2. The molecule has 0 spiro atoms. The predicted octanol–water partition coefficient (Wildman–Crippen LogP) is 4.54. The Bertz CT molecular complexity index is 1090. The lowest BCUT2D eigenvalue weighted by atomic mass is 10.1. The molecular formula is C20H17ClN2O3S. The first-order valence-electron chi connectivity index (χ1n) is 8.86. The maximum atomic E-state index is 13.0. The van der Waals surface area contributed by atoms with Crippen LogP contribution in [0.5, 0.6) is 5.75 Å². The zero-order chi connectivity index (χ0) is 18.4. The van der Waals surface area contributed by atoms with E-state index in [0.29, 0.717) is 22.8 Å². The number of aromatic nitrogens is 2. The summed E-state index contributed by atoms with van der Waals surface area (Å²) in [6.45, 7) is 0.738. The Hall–Kier alpha value is -2.02. The van der Waals surface area contributed by atoms with E-state index >= 15 is 0 Å². The molecule has 27 heavy (non-hydrogen) atoms. The molecule has 3 aromatic rings. The number of para-hydroxylation sites is 1. The molecule has 0 amide bonds. The third-order valence-electron chi connectivity index (χ3n) is 4.80. The van der Waals surface area contributed by atoms with Crippen molar-refractivity contribution in [1.29, 1.82) is 0 Å². The summed E-state index contributed by atoms with van der Waals surface area (Å²) in [4.78, 5) is 17.8. The van der Waals surface area contributed by atoms with E-state index in [1.807, 2.05) is 41.0 Å². The van der Waals surface area contributed by atoms with E-state index in [0.717, 1.165) is 40.4 Å². The van der Waals surface area contributed by atoms with Gasteiger partial charge in [-0.3, -0.25) is 9.36 Å². The molecule has 1 aliphatic heterocycles. The van der Waals surface area contributed by atoms with Crippen LogP contribution in [0.2, 0.25) is 5.02 Å². The Kier molecular flexibility index (Phi) is 4.34. The van der Waals surface area contributed by atoms with Gasteiger partial charge in [-0.15, -0.1) is 0 Å². The third kappa shape index (κ3) is 3.22. The van der Waals surface area contributed by atoms with Crippen LogP contribution in [0, 0.1) is 0 Å². The molecule has 5 rings (SSSR count). The lowest BCUT2D eigenvalue weighted by molar-refractivity contribution is -0.0168. The van der Waals surface area contributed by atoms with Gasteiger partial charge in [0.25, 0.3) is 5.56 Å². The predicted molar refractivity (Wildman–Crippen MR) is 106 cm³/mol. The van der Waals surface area contributed by atoms with Crippen LogP contribution in [0.15, 0.2) is 46.3 Å². The average Bonchev–Trinajstić information content (AvgIpc) is 3.51. The zero-order valence-electron chi connectivity index (χ0n) is 14.5. The minimum absolute atomic E-state index is 0.0448. The minimum Gasteiger partial charge on any atom is -0.467 e. The van der Waals surface area contributed by atoms with Crippen molar-refractivity contribution < 1.29 is 9.47 Å². The average molecular weight is 401 g/mol. The molecular weight excluding hydrogens is 384 g/mol. The molecule has 2 aromatic carbocycles. The van der Waals surface area contributed by atoms with Gasteiger partial charge in [-0.2, -0.15) is 0 Å². The van der Waals surface area contributed by atoms with Gasteiger partial charge in [-0.1, -0.05) is 35.5 Å². The normalized spacial score (nSPS) is 16.2. The van der Waals surface area contributed by atoms with Gasteiger partial charge in [-0.25, -0.2) is 4.98 Å². The summed E-state index contributed by atoms with van der Waals surface area (Å²) in [7, 11) is 0. The summed E-state index contributed by atoms with van der Waals surface area (Å²) in [5.41, 5.74) is 2.73. The minimum atomic E-state index is 0.0448. The van der Waals surface area contributed by atoms with Gasteiger partial charge in [0.1, 0.15) is 5.75 Å². The maximum Gasteiger partial charge on any atom is 0.262 e. The molecule has 0 bridgehead atoms. The van der Waals surface area contributed by atoms with Crippen LogP contribution in [0.3, 0.4) is 0 Å². The largest absolute Gasteiger partial charge is 0.467 e. The number of ether oxygens (including phenoxy) is 2. The Morgan fingerprint density at radius 1 is 1.26 bits per heavy atom. The molecule has 138 valence electrons. The molecule has 2 aliphatic rings. The van der Waals surface area contributed by atoms with Gasteiger partial charge < -0.3 is 9.47 Å². The first-order chi connectivity index (χ1) is 13.2. The summed E-state index contributed by atoms with van der Waals surface area (Å²) in [5, 5.41) is 2.08. The van der Waals surface area contributed by atoms with Crippen molar-refractivity contribution >= 4 is 34.3 Å². The fourth-order valence-corrected chi connectivity index (χ4v) is 4.68. The first kappa shape index (κ1) is 17.1. The van der Waals surface area contributed by atoms with Crippen LogP contribution in [-0.2, 0) is 17.1 Å². The Balaban J connectivity index is 1.53. The van der Waals surface area contributed by atoms with Crippen LogP contribution in [-0.4, -0.2) is 16.3 Å². The van der Waals surface area contributed by atoms with E-state index in [-0.39, 0.29) is 18.4 Å². The topological polar surface area (TPSA) is 53.4 Å². The van der Waals surface area contributed by atoms with Crippen molar-refractivity contribution in [2.75, 3.05) is 6.79 Å². The maximum absolute atomic E-state index is 13.0. The molecule has 0 unspecified atom stereocenters. The van der Waals surface area contributed by atoms with Crippen LogP contribution in [0.4, 0.5) is 0 Å². The van der Waals surface area contributed by atoms with Crippen molar-refractivity contribution in [2.45, 2.75) is 36.4 Å². The summed E-state index contributed by atoms with van der Waals surface area (Å²) in [6, 6.07) is 11.6. The lowest BCUT2D eigenvalue weighted by Crippen LogP contribution is -2.22. The molecule has 2 heterocycles. The number of nitrogens with zero attached hydrogens (tertiary/aromatic N) is 2. The van der Waals surface area contributed by atoms with Crippen LogP contribution in [0.1, 0.15) is 30.0 Å². The number of hydrogen-bond donors (Lipinski definition) is 0. The molecule has 1 aromatic heterocycles. The van der Waals surface area contributed by atoms with Crippen molar-refractivity contribution in [1.82, 2.24) is 9.55 Å². The van der Waals surface area contributed by atoms with Gasteiger partial charge in [0.15, 0.2) is 11.9 Å². The van der Waals surface area contributed by atoms with E-state index < -0.39 is 0 Å². The Morgan fingerprint density at radius 2 is 2.11 bits per heavy atom. The van der Waals surface area contributed by atoms with E-state index in [4.69, 9.17) is 26.1 Å². The van der Waals surface area contributed by atoms with Crippen LogP contribution >= 0.6 is 23.4 Å². The van der Waals surface area contributed by atoms with Gasteiger partial charge in [0.05, 0.1) is 17.5 Å². The monoisotopic (exact) mass is 400 g/mol. The quantitative estimate of drug-likeness (QED) is 0.475. The van der Waals surface area contributed by atoms with Gasteiger partial charge in [0, 0.05) is 27.9 Å². The standard InChI is InChI=1S/C20H17ClN2O3S/c21-14-7-12-9-25-11-26-18(12)13(8-14)10-27-20-22-17-4-2-1-3-16(17)19(24)23(20)15-5-6-15/h1-4,7-8,15H,5-6,9-11H2. The highest BCUT2D eigenvalue weighted by atomic mass is 35.5.